The molecule has 90 valence electrons. The Balaban J connectivity index is 0.000000617. The zero-order chi connectivity index (χ0) is 10.4. The maximum Gasteiger partial charge on any atom is 0.0495 e. The van der Waals surface area contributed by atoms with Crippen molar-refractivity contribution in [2.75, 3.05) is 19.6 Å². The van der Waals surface area contributed by atoms with E-state index in [0.717, 1.165) is 19.6 Å². The van der Waals surface area contributed by atoms with Gasteiger partial charge in [0.05, 0.1) is 0 Å². The molecule has 0 aromatic rings. The summed E-state index contributed by atoms with van der Waals surface area (Å²) in [7, 11) is 0. The van der Waals surface area contributed by atoms with Crippen LogP contribution >= 0.6 is 24.0 Å². The van der Waals surface area contributed by atoms with E-state index < -0.39 is 0 Å². The van der Waals surface area contributed by atoms with E-state index in [1.807, 2.05) is 13.8 Å². The predicted molar refractivity (Wildman–Crippen MR) is 77.1 cm³/mol. The lowest BCUT2D eigenvalue weighted by atomic mass is 10.1. The molecule has 1 saturated heterocycles. The van der Waals surface area contributed by atoms with Crippen molar-refractivity contribution >= 4 is 29.7 Å². The van der Waals surface area contributed by atoms with Gasteiger partial charge in [-0.3, -0.25) is 5.01 Å². The quantitative estimate of drug-likeness (QED) is 0.750. The SMILES string of the molecule is CC.CC1=NN(C2CCNCC2)CC1.I. The number of piperidine rings is 1. The van der Waals surface area contributed by atoms with Crippen LogP contribution in [-0.4, -0.2) is 36.4 Å². The fourth-order valence-corrected chi connectivity index (χ4v) is 1.96. The van der Waals surface area contributed by atoms with E-state index in [2.05, 4.69) is 22.4 Å². The van der Waals surface area contributed by atoms with Crippen molar-refractivity contribution < 1.29 is 0 Å². The number of nitrogens with one attached hydrogen (secondary N) is 1. The van der Waals surface area contributed by atoms with Gasteiger partial charge >= 0.3 is 0 Å². The van der Waals surface area contributed by atoms with Crippen molar-refractivity contribution in [3.8, 4) is 0 Å². The van der Waals surface area contributed by atoms with E-state index in [0.29, 0.717) is 6.04 Å². The van der Waals surface area contributed by atoms with Crippen molar-refractivity contribution in [2.45, 2.75) is 46.1 Å². The molecule has 3 nitrogen and oxygen atoms in total. The number of nitrogens with zero attached hydrogens (tertiary/aromatic N) is 2. The highest BCUT2D eigenvalue weighted by molar-refractivity contribution is 14.0. The van der Waals surface area contributed by atoms with Crippen molar-refractivity contribution in [3.63, 3.8) is 0 Å². The number of hydrogen-bond donors (Lipinski definition) is 1. The zero-order valence-corrected chi connectivity index (χ0v) is 12.5. The average Bonchev–Trinajstić information content (AvgIpc) is 2.69. The van der Waals surface area contributed by atoms with Gasteiger partial charge < -0.3 is 5.32 Å². The smallest absolute Gasteiger partial charge is 0.0495 e. The van der Waals surface area contributed by atoms with Crippen LogP contribution in [-0.2, 0) is 0 Å². The lowest BCUT2D eigenvalue weighted by Crippen LogP contribution is -2.39. The van der Waals surface area contributed by atoms with Gasteiger partial charge in [-0.15, -0.1) is 24.0 Å². The third-order valence-electron chi connectivity index (χ3n) is 2.73. The van der Waals surface area contributed by atoms with Crippen LogP contribution in [0.4, 0.5) is 0 Å². The summed E-state index contributed by atoms with van der Waals surface area (Å²) < 4.78 is 0. The lowest BCUT2D eigenvalue weighted by Gasteiger charge is -2.29. The van der Waals surface area contributed by atoms with Crippen molar-refractivity contribution in [2.24, 2.45) is 5.10 Å². The summed E-state index contributed by atoms with van der Waals surface area (Å²) in [5.41, 5.74) is 1.30. The highest BCUT2D eigenvalue weighted by atomic mass is 127. The van der Waals surface area contributed by atoms with Gasteiger partial charge in [-0.2, -0.15) is 5.10 Å². The summed E-state index contributed by atoms with van der Waals surface area (Å²) in [5.74, 6) is 0. The summed E-state index contributed by atoms with van der Waals surface area (Å²) in [5, 5.41) is 10.2. The van der Waals surface area contributed by atoms with E-state index >= 15 is 0 Å². The van der Waals surface area contributed by atoms with Gasteiger partial charge in [0.1, 0.15) is 0 Å². The molecular weight excluding hydrogens is 301 g/mol. The Hall–Kier alpha value is 0.160. The van der Waals surface area contributed by atoms with E-state index in [4.69, 9.17) is 0 Å². The normalized spacial score (nSPS) is 21.3. The summed E-state index contributed by atoms with van der Waals surface area (Å²) >= 11 is 0. The molecule has 2 aliphatic rings. The summed E-state index contributed by atoms with van der Waals surface area (Å²) in [6.45, 7) is 9.60. The van der Waals surface area contributed by atoms with Gasteiger partial charge in [-0.05, 0) is 32.9 Å². The van der Waals surface area contributed by atoms with Crippen molar-refractivity contribution in [1.29, 1.82) is 0 Å². The van der Waals surface area contributed by atoms with Crippen LogP contribution in [0, 0.1) is 0 Å². The van der Waals surface area contributed by atoms with Crippen LogP contribution in [0.1, 0.15) is 40.0 Å². The molecule has 0 aliphatic carbocycles. The first kappa shape index (κ1) is 15.2. The molecule has 0 saturated carbocycles. The van der Waals surface area contributed by atoms with Crippen LogP contribution in [0.5, 0.6) is 0 Å². The molecule has 1 N–H and O–H groups in total. The maximum atomic E-state index is 4.53. The molecule has 0 amide bonds. The van der Waals surface area contributed by atoms with Gasteiger partial charge in [0.2, 0.25) is 0 Å². The Morgan fingerprint density at radius 1 is 1.27 bits per heavy atom. The van der Waals surface area contributed by atoms with Gasteiger partial charge in [0.25, 0.3) is 0 Å². The molecule has 4 heteroatoms. The van der Waals surface area contributed by atoms with Gasteiger partial charge in [0.15, 0.2) is 0 Å². The van der Waals surface area contributed by atoms with Crippen molar-refractivity contribution in [1.82, 2.24) is 10.3 Å². The second kappa shape index (κ2) is 8.33. The molecule has 0 unspecified atom stereocenters. The van der Waals surface area contributed by atoms with E-state index in [1.165, 1.54) is 25.0 Å². The van der Waals surface area contributed by atoms with Crippen LogP contribution in [0.25, 0.3) is 0 Å². The predicted octanol–water partition coefficient (Wildman–Crippen LogP) is 2.46. The lowest BCUT2D eigenvalue weighted by molar-refractivity contribution is 0.185. The minimum atomic E-state index is 0. The number of rotatable bonds is 1. The number of hydrogen-bond acceptors (Lipinski definition) is 3. The molecule has 0 radical (unpaired) electrons. The number of hydrazone groups is 1. The third kappa shape index (κ3) is 4.68. The Morgan fingerprint density at radius 2 is 1.87 bits per heavy atom. The molecule has 2 heterocycles. The minimum absolute atomic E-state index is 0. The Kier molecular flexibility index (Phi) is 8.42. The maximum absolute atomic E-state index is 4.53. The Morgan fingerprint density at radius 3 is 2.33 bits per heavy atom. The fourth-order valence-electron chi connectivity index (χ4n) is 1.96. The summed E-state index contributed by atoms with van der Waals surface area (Å²) in [4.78, 5) is 0. The third-order valence-corrected chi connectivity index (χ3v) is 2.73. The van der Waals surface area contributed by atoms with E-state index in [1.54, 1.807) is 0 Å². The molecule has 0 spiro atoms. The monoisotopic (exact) mass is 325 g/mol. The standard InChI is InChI=1S/C9H17N3.C2H6.HI/c1-8-4-7-12(11-8)9-2-5-10-6-3-9;1-2;/h9-10H,2-7H2,1H3;1-2H3;1H. The van der Waals surface area contributed by atoms with Crippen molar-refractivity contribution in [3.05, 3.63) is 0 Å². The second-order valence-corrected chi connectivity index (χ2v) is 3.73. The summed E-state index contributed by atoms with van der Waals surface area (Å²) in [6, 6.07) is 0.712. The van der Waals surface area contributed by atoms with Crippen LogP contribution < -0.4 is 5.32 Å². The Bertz CT molecular complexity index is 188. The fraction of sp³-hybridized carbons (Fsp3) is 0.909. The second-order valence-electron chi connectivity index (χ2n) is 3.73. The molecule has 15 heavy (non-hydrogen) atoms. The molecular formula is C11H24IN3. The first-order valence-corrected chi connectivity index (χ1v) is 5.88. The molecule has 0 atom stereocenters. The van der Waals surface area contributed by atoms with Crippen LogP contribution in [0.15, 0.2) is 5.10 Å². The van der Waals surface area contributed by atoms with Gasteiger partial charge in [0, 0.05) is 24.7 Å². The van der Waals surface area contributed by atoms with E-state index in [-0.39, 0.29) is 24.0 Å². The van der Waals surface area contributed by atoms with Crippen LogP contribution in [0.2, 0.25) is 0 Å². The first-order valence-electron chi connectivity index (χ1n) is 5.88. The number of halogens is 1. The largest absolute Gasteiger partial charge is 0.317 e. The Labute approximate surface area is 111 Å². The zero-order valence-electron chi connectivity index (χ0n) is 10.1. The first-order chi connectivity index (χ1) is 6.86. The van der Waals surface area contributed by atoms with E-state index in [9.17, 15) is 0 Å². The molecule has 0 aromatic carbocycles. The molecule has 0 aromatic heterocycles. The molecule has 2 rings (SSSR count). The topological polar surface area (TPSA) is 27.6 Å². The average molecular weight is 325 g/mol. The molecule has 0 bridgehead atoms. The molecule has 2 aliphatic heterocycles. The minimum Gasteiger partial charge on any atom is -0.317 e. The van der Waals surface area contributed by atoms with Crippen LogP contribution in [0.3, 0.4) is 0 Å². The summed E-state index contributed by atoms with van der Waals surface area (Å²) in [6.07, 6.45) is 3.69. The van der Waals surface area contributed by atoms with Gasteiger partial charge in [-0.1, -0.05) is 13.8 Å². The highest BCUT2D eigenvalue weighted by Gasteiger charge is 2.22. The highest BCUT2D eigenvalue weighted by Crippen LogP contribution is 2.16. The molecule has 1 fully saturated rings. The van der Waals surface area contributed by atoms with Gasteiger partial charge in [-0.25, -0.2) is 0 Å².